The molecule has 1 amide bonds. The Hall–Kier alpha value is -0.910. The molecule has 0 bridgehead atoms. The molecular formula is C13H17BrN2O2. The molecule has 18 heavy (non-hydrogen) atoms. The molecule has 0 radical (unpaired) electrons. The van der Waals surface area contributed by atoms with Crippen LogP contribution in [0.25, 0.3) is 0 Å². The fourth-order valence-electron chi connectivity index (χ4n) is 2.09. The molecule has 4 nitrogen and oxygen atoms in total. The van der Waals surface area contributed by atoms with E-state index in [0.29, 0.717) is 6.61 Å². The molecule has 1 saturated heterocycles. The maximum atomic E-state index is 12.1. The highest BCUT2D eigenvalue weighted by Gasteiger charge is 2.22. The van der Waals surface area contributed by atoms with Gasteiger partial charge in [-0.1, -0.05) is 22.0 Å². The minimum absolute atomic E-state index is 0.0305. The van der Waals surface area contributed by atoms with Gasteiger partial charge in [-0.3, -0.25) is 4.79 Å². The minimum Gasteiger partial charge on any atom is -0.380 e. The van der Waals surface area contributed by atoms with Crippen molar-refractivity contribution < 1.29 is 9.53 Å². The molecule has 0 aromatic heterocycles. The van der Waals surface area contributed by atoms with Crippen LogP contribution in [0, 0.1) is 0 Å². The van der Waals surface area contributed by atoms with Gasteiger partial charge in [0.05, 0.1) is 12.6 Å². The third-order valence-corrected chi connectivity index (χ3v) is 3.79. The lowest BCUT2D eigenvalue weighted by molar-refractivity contribution is -0.117. The van der Waals surface area contributed by atoms with Crippen LogP contribution < -0.4 is 10.6 Å². The lowest BCUT2D eigenvalue weighted by Crippen LogP contribution is -2.35. The van der Waals surface area contributed by atoms with Crippen LogP contribution in [0.4, 0.5) is 5.69 Å². The summed E-state index contributed by atoms with van der Waals surface area (Å²) in [4.78, 5) is 12.1. The predicted molar refractivity (Wildman–Crippen MR) is 74.5 cm³/mol. The molecule has 1 aromatic rings. The number of halogens is 1. The Morgan fingerprint density at radius 2 is 2.44 bits per heavy atom. The standard InChI is InChI=1S/C13H17BrN2O2/c1-18-8-9-10(14)4-2-5-11(9)16-13(17)12-6-3-7-15-12/h2,4-5,12,15H,3,6-8H2,1H3,(H,16,17). The van der Waals surface area contributed by atoms with E-state index < -0.39 is 0 Å². The van der Waals surface area contributed by atoms with Gasteiger partial charge in [0.15, 0.2) is 0 Å². The Morgan fingerprint density at radius 1 is 1.61 bits per heavy atom. The number of carbonyl (C=O) groups is 1. The van der Waals surface area contributed by atoms with Crippen LogP contribution in [0.1, 0.15) is 18.4 Å². The number of benzene rings is 1. The van der Waals surface area contributed by atoms with Crippen molar-refractivity contribution in [3.63, 3.8) is 0 Å². The third kappa shape index (κ3) is 3.10. The average Bonchev–Trinajstić information content (AvgIpc) is 2.87. The van der Waals surface area contributed by atoms with E-state index >= 15 is 0 Å². The summed E-state index contributed by atoms with van der Waals surface area (Å²) in [5, 5.41) is 6.15. The number of hydrogen-bond donors (Lipinski definition) is 2. The van der Waals surface area contributed by atoms with Gasteiger partial charge in [-0.25, -0.2) is 0 Å². The molecule has 1 heterocycles. The van der Waals surface area contributed by atoms with Crippen molar-refractivity contribution >= 4 is 27.5 Å². The zero-order valence-electron chi connectivity index (χ0n) is 10.3. The Morgan fingerprint density at radius 3 is 3.11 bits per heavy atom. The van der Waals surface area contributed by atoms with Gasteiger partial charge in [0.25, 0.3) is 0 Å². The molecule has 0 aliphatic carbocycles. The molecular weight excluding hydrogens is 296 g/mol. The summed E-state index contributed by atoms with van der Waals surface area (Å²) in [5.41, 5.74) is 1.77. The number of nitrogens with one attached hydrogen (secondary N) is 2. The molecule has 98 valence electrons. The second-order valence-electron chi connectivity index (χ2n) is 4.34. The molecule has 1 atom stereocenters. The van der Waals surface area contributed by atoms with Crippen LogP contribution in [0.3, 0.4) is 0 Å². The Bertz CT molecular complexity index is 431. The highest BCUT2D eigenvalue weighted by molar-refractivity contribution is 9.10. The second-order valence-corrected chi connectivity index (χ2v) is 5.19. The number of methoxy groups -OCH3 is 1. The Balaban J connectivity index is 2.12. The van der Waals surface area contributed by atoms with Crippen LogP contribution in [-0.4, -0.2) is 25.6 Å². The Labute approximate surface area is 115 Å². The third-order valence-electron chi connectivity index (χ3n) is 3.04. The number of carbonyl (C=O) groups excluding carboxylic acids is 1. The van der Waals surface area contributed by atoms with Crippen LogP contribution in [0.5, 0.6) is 0 Å². The van der Waals surface area contributed by atoms with Crippen molar-refractivity contribution in [3.05, 3.63) is 28.2 Å². The first kappa shape index (κ1) is 13.5. The number of anilines is 1. The predicted octanol–water partition coefficient (Wildman–Crippen LogP) is 2.29. The second kappa shape index (κ2) is 6.31. The van der Waals surface area contributed by atoms with Crippen LogP contribution in [0.2, 0.25) is 0 Å². The molecule has 1 aliphatic rings. The zero-order chi connectivity index (χ0) is 13.0. The van der Waals surface area contributed by atoms with Crippen LogP contribution >= 0.6 is 15.9 Å². The first-order valence-corrected chi connectivity index (χ1v) is 6.82. The van der Waals surface area contributed by atoms with Crippen LogP contribution in [-0.2, 0) is 16.1 Å². The summed E-state index contributed by atoms with van der Waals surface area (Å²) in [5.74, 6) is 0.0305. The van der Waals surface area contributed by atoms with E-state index in [2.05, 4.69) is 26.6 Å². The number of hydrogen-bond acceptors (Lipinski definition) is 3. The molecule has 2 N–H and O–H groups in total. The number of ether oxygens (including phenoxy) is 1. The number of rotatable bonds is 4. The normalized spacial score (nSPS) is 18.9. The molecule has 1 aliphatic heterocycles. The smallest absolute Gasteiger partial charge is 0.241 e. The van der Waals surface area contributed by atoms with Gasteiger partial charge in [0, 0.05) is 22.8 Å². The topological polar surface area (TPSA) is 50.4 Å². The quantitative estimate of drug-likeness (QED) is 0.897. The van der Waals surface area contributed by atoms with Gasteiger partial charge in [0.2, 0.25) is 5.91 Å². The fourth-order valence-corrected chi connectivity index (χ4v) is 2.58. The van der Waals surface area contributed by atoms with Crippen molar-refractivity contribution in [3.8, 4) is 0 Å². The van der Waals surface area contributed by atoms with Crippen molar-refractivity contribution in [1.82, 2.24) is 5.32 Å². The van der Waals surface area contributed by atoms with E-state index in [1.807, 2.05) is 18.2 Å². The van der Waals surface area contributed by atoms with Crippen LogP contribution in [0.15, 0.2) is 22.7 Å². The SMILES string of the molecule is COCc1c(Br)cccc1NC(=O)C1CCCN1. The van der Waals surface area contributed by atoms with E-state index in [1.54, 1.807) is 7.11 Å². The fraction of sp³-hybridized carbons (Fsp3) is 0.462. The summed E-state index contributed by atoms with van der Waals surface area (Å²) in [6.45, 7) is 1.39. The maximum Gasteiger partial charge on any atom is 0.241 e. The van der Waals surface area contributed by atoms with Gasteiger partial charge in [-0.2, -0.15) is 0 Å². The molecule has 5 heteroatoms. The van der Waals surface area contributed by atoms with E-state index in [-0.39, 0.29) is 11.9 Å². The lowest BCUT2D eigenvalue weighted by atomic mass is 10.1. The summed E-state index contributed by atoms with van der Waals surface area (Å²) < 4.78 is 6.11. The highest BCUT2D eigenvalue weighted by atomic mass is 79.9. The van der Waals surface area contributed by atoms with E-state index in [9.17, 15) is 4.79 Å². The molecule has 2 rings (SSSR count). The van der Waals surface area contributed by atoms with Gasteiger partial charge in [0.1, 0.15) is 0 Å². The summed E-state index contributed by atoms with van der Waals surface area (Å²) >= 11 is 3.47. The first-order valence-electron chi connectivity index (χ1n) is 6.03. The largest absolute Gasteiger partial charge is 0.380 e. The maximum absolute atomic E-state index is 12.1. The highest BCUT2D eigenvalue weighted by Crippen LogP contribution is 2.26. The number of amides is 1. The lowest BCUT2D eigenvalue weighted by Gasteiger charge is -2.15. The van der Waals surface area contributed by atoms with Gasteiger partial charge < -0.3 is 15.4 Å². The Kier molecular flexibility index (Phi) is 4.74. The van der Waals surface area contributed by atoms with Crippen molar-refractivity contribution in [2.45, 2.75) is 25.5 Å². The minimum atomic E-state index is -0.0700. The van der Waals surface area contributed by atoms with Crippen molar-refractivity contribution in [2.24, 2.45) is 0 Å². The molecule has 0 saturated carbocycles. The van der Waals surface area contributed by atoms with Gasteiger partial charge in [-0.05, 0) is 31.5 Å². The van der Waals surface area contributed by atoms with Gasteiger partial charge >= 0.3 is 0 Å². The summed E-state index contributed by atoms with van der Waals surface area (Å²) in [7, 11) is 1.64. The molecule has 0 spiro atoms. The first-order chi connectivity index (χ1) is 8.72. The van der Waals surface area contributed by atoms with Crippen molar-refractivity contribution in [2.75, 3.05) is 19.0 Å². The zero-order valence-corrected chi connectivity index (χ0v) is 11.9. The van der Waals surface area contributed by atoms with Gasteiger partial charge in [-0.15, -0.1) is 0 Å². The van der Waals surface area contributed by atoms with E-state index in [1.165, 1.54) is 0 Å². The van der Waals surface area contributed by atoms with E-state index in [0.717, 1.165) is 35.1 Å². The van der Waals surface area contributed by atoms with E-state index in [4.69, 9.17) is 4.74 Å². The monoisotopic (exact) mass is 312 g/mol. The molecule has 1 unspecified atom stereocenters. The summed E-state index contributed by atoms with van der Waals surface area (Å²) in [6, 6.07) is 5.67. The molecule has 1 fully saturated rings. The molecule has 1 aromatic carbocycles. The van der Waals surface area contributed by atoms with Crippen molar-refractivity contribution in [1.29, 1.82) is 0 Å². The summed E-state index contributed by atoms with van der Waals surface area (Å²) in [6.07, 6.45) is 1.96. The average molecular weight is 313 g/mol.